The van der Waals surface area contributed by atoms with E-state index in [0.717, 1.165) is 44.8 Å². The minimum absolute atomic E-state index is 0.680. The first kappa shape index (κ1) is 14.2. The van der Waals surface area contributed by atoms with E-state index in [1.807, 2.05) is 0 Å². The zero-order valence-electron chi connectivity index (χ0n) is 11.8. The topological polar surface area (TPSA) is 50.5 Å². The summed E-state index contributed by atoms with van der Waals surface area (Å²) in [5.74, 6) is 1.02. The van der Waals surface area contributed by atoms with E-state index in [-0.39, 0.29) is 0 Å². The Morgan fingerprint density at radius 1 is 1.32 bits per heavy atom. The van der Waals surface area contributed by atoms with Gasteiger partial charge in [0.25, 0.3) is 0 Å². The van der Waals surface area contributed by atoms with Crippen molar-refractivity contribution in [1.82, 2.24) is 5.32 Å². The lowest BCUT2D eigenvalue weighted by atomic mass is 10.1. The summed E-state index contributed by atoms with van der Waals surface area (Å²) in [4.78, 5) is 2.41. The predicted molar refractivity (Wildman–Crippen MR) is 80.1 cm³/mol. The van der Waals surface area contributed by atoms with Gasteiger partial charge in [-0.3, -0.25) is 0 Å². The highest BCUT2D eigenvalue weighted by atomic mass is 16.5. The second kappa shape index (κ2) is 7.36. The zero-order valence-corrected chi connectivity index (χ0v) is 11.8. The Hall–Kier alpha value is -1.26. The fourth-order valence-electron chi connectivity index (χ4n) is 2.35. The van der Waals surface area contributed by atoms with Crippen molar-refractivity contribution in [3.8, 4) is 5.75 Å². The third-order valence-corrected chi connectivity index (χ3v) is 3.52. The van der Waals surface area contributed by atoms with Gasteiger partial charge in [-0.25, -0.2) is 0 Å². The van der Waals surface area contributed by atoms with E-state index in [1.54, 1.807) is 0 Å². The van der Waals surface area contributed by atoms with Gasteiger partial charge < -0.3 is 20.7 Å². The summed E-state index contributed by atoms with van der Waals surface area (Å²) >= 11 is 0. The van der Waals surface area contributed by atoms with E-state index in [0.29, 0.717) is 13.2 Å². The Kier molecular flexibility index (Phi) is 5.48. The molecule has 0 atom stereocenters. The van der Waals surface area contributed by atoms with Gasteiger partial charge in [-0.2, -0.15) is 0 Å². The van der Waals surface area contributed by atoms with Crippen LogP contribution in [0, 0.1) is 0 Å². The van der Waals surface area contributed by atoms with Gasteiger partial charge in [-0.1, -0.05) is 13.0 Å². The number of hydrogen-bond donors (Lipinski definition) is 2. The van der Waals surface area contributed by atoms with Gasteiger partial charge in [0, 0.05) is 37.9 Å². The third kappa shape index (κ3) is 3.85. The number of nitrogens with zero attached hydrogens (tertiary/aromatic N) is 1. The zero-order chi connectivity index (χ0) is 13.5. The molecule has 0 amide bonds. The first-order valence-electron chi connectivity index (χ1n) is 7.26. The number of anilines is 1. The summed E-state index contributed by atoms with van der Waals surface area (Å²) in [6, 6.07) is 6.58. The van der Waals surface area contributed by atoms with E-state index >= 15 is 0 Å². The fourth-order valence-corrected chi connectivity index (χ4v) is 2.35. The molecule has 4 nitrogen and oxygen atoms in total. The largest absolute Gasteiger partial charge is 0.493 e. The highest BCUT2D eigenvalue weighted by molar-refractivity contribution is 5.54. The molecule has 4 heteroatoms. The maximum Gasteiger partial charge on any atom is 0.124 e. The van der Waals surface area contributed by atoms with Crippen LogP contribution in [0.1, 0.15) is 18.9 Å². The number of benzene rings is 1. The lowest BCUT2D eigenvalue weighted by molar-refractivity contribution is 0.310. The molecule has 1 heterocycles. The Labute approximate surface area is 115 Å². The van der Waals surface area contributed by atoms with Crippen molar-refractivity contribution < 1.29 is 4.74 Å². The maximum absolute atomic E-state index is 5.88. The minimum Gasteiger partial charge on any atom is -0.493 e. The average Bonchev–Trinajstić information content (AvgIpc) is 2.48. The van der Waals surface area contributed by atoms with Crippen molar-refractivity contribution in [1.29, 1.82) is 0 Å². The van der Waals surface area contributed by atoms with Gasteiger partial charge >= 0.3 is 0 Å². The molecule has 0 unspecified atom stereocenters. The van der Waals surface area contributed by atoms with Crippen molar-refractivity contribution in [2.24, 2.45) is 5.73 Å². The first-order chi connectivity index (χ1) is 9.35. The van der Waals surface area contributed by atoms with E-state index in [2.05, 4.69) is 35.3 Å². The standard InChI is InChI=1S/C15H25N3O/c1-2-13-4-5-14(18-9-7-17-8-10-18)12-15(13)19-11-3-6-16/h4-5,12,17H,2-3,6-11,16H2,1H3. The fraction of sp³-hybridized carbons (Fsp3) is 0.600. The second-order valence-corrected chi connectivity index (χ2v) is 4.87. The van der Waals surface area contributed by atoms with Crippen LogP contribution in [0.2, 0.25) is 0 Å². The number of aryl methyl sites for hydroxylation is 1. The van der Waals surface area contributed by atoms with Crippen molar-refractivity contribution >= 4 is 5.69 Å². The molecule has 1 aromatic rings. The van der Waals surface area contributed by atoms with E-state index < -0.39 is 0 Å². The smallest absolute Gasteiger partial charge is 0.124 e. The molecule has 106 valence electrons. The normalized spacial score (nSPS) is 15.6. The molecular formula is C15H25N3O. The lowest BCUT2D eigenvalue weighted by Crippen LogP contribution is -2.43. The van der Waals surface area contributed by atoms with Crippen LogP contribution in [-0.2, 0) is 6.42 Å². The highest BCUT2D eigenvalue weighted by Gasteiger charge is 2.12. The molecule has 0 bridgehead atoms. The third-order valence-electron chi connectivity index (χ3n) is 3.52. The molecule has 0 aromatic heterocycles. The highest BCUT2D eigenvalue weighted by Crippen LogP contribution is 2.26. The summed E-state index contributed by atoms with van der Waals surface area (Å²) in [5.41, 5.74) is 8.05. The number of nitrogens with one attached hydrogen (secondary N) is 1. The van der Waals surface area contributed by atoms with Crippen molar-refractivity contribution in [2.45, 2.75) is 19.8 Å². The second-order valence-electron chi connectivity index (χ2n) is 4.87. The summed E-state index contributed by atoms with van der Waals surface area (Å²) in [6.07, 6.45) is 1.90. The van der Waals surface area contributed by atoms with Gasteiger partial charge in [-0.05, 0) is 31.0 Å². The van der Waals surface area contributed by atoms with Crippen molar-refractivity contribution in [2.75, 3.05) is 44.2 Å². The monoisotopic (exact) mass is 263 g/mol. The molecule has 3 N–H and O–H groups in total. The van der Waals surface area contributed by atoms with Crippen LogP contribution in [-0.4, -0.2) is 39.3 Å². The molecular weight excluding hydrogens is 238 g/mol. The van der Waals surface area contributed by atoms with Gasteiger partial charge in [0.2, 0.25) is 0 Å². The molecule has 2 rings (SSSR count). The maximum atomic E-state index is 5.88. The molecule has 1 fully saturated rings. The molecule has 0 spiro atoms. The Morgan fingerprint density at radius 3 is 2.79 bits per heavy atom. The molecule has 0 saturated carbocycles. The Morgan fingerprint density at radius 2 is 2.11 bits per heavy atom. The number of hydrogen-bond acceptors (Lipinski definition) is 4. The van der Waals surface area contributed by atoms with Crippen molar-refractivity contribution in [3.63, 3.8) is 0 Å². The van der Waals surface area contributed by atoms with Crippen molar-refractivity contribution in [3.05, 3.63) is 23.8 Å². The number of ether oxygens (including phenoxy) is 1. The summed E-state index contributed by atoms with van der Waals surface area (Å²) in [6.45, 7) is 7.78. The van der Waals surface area contributed by atoms with Gasteiger partial charge in [0.1, 0.15) is 5.75 Å². The predicted octanol–water partition coefficient (Wildman–Crippen LogP) is 1.39. The van der Waals surface area contributed by atoms with E-state index in [4.69, 9.17) is 10.5 Å². The summed E-state index contributed by atoms with van der Waals surface area (Å²) < 4.78 is 5.88. The van der Waals surface area contributed by atoms with Gasteiger partial charge in [-0.15, -0.1) is 0 Å². The van der Waals surface area contributed by atoms with Crippen LogP contribution >= 0.6 is 0 Å². The summed E-state index contributed by atoms with van der Waals surface area (Å²) in [5, 5.41) is 3.38. The molecule has 19 heavy (non-hydrogen) atoms. The lowest BCUT2D eigenvalue weighted by Gasteiger charge is -2.30. The van der Waals surface area contributed by atoms with Crippen LogP contribution < -0.4 is 20.7 Å². The minimum atomic E-state index is 0.680. The Bertz CT molecular complexity index is 389. The summed E-state index contributed by atoms with van der Waals surface area (Å²) in [7, 11) is 0. The van der Waals surface area contributed by atoms with Crippen LogP contribution in [0.15, 0.2) is 18.2 Å². The van der Waals surface area contributed by atoms with Crippen LogP contribution in [0.25, 0.3) is 0 Å². The molecule has 0 aliphatic carbocycles. The Balaban J connectivity index is 2.09. The van der Waals surface area contributed by atoms with Gasteiger partial charge in [0.15, 0.2) is 0 Å². The molecule has 1 aliphatic rings. The number of piperazine rings is 1. The molecule has 1 aromatic carbocycles. The van der Waals surface area contributed by atoms with Crippen LogP contribution in [0.4, 0.5) is 5.69 Å². The van der Waals surface area contributed by atoms with Crippen LogP contribution in [0.3, 0.4) is 0 Å². The SMILES string of the molecule is CCc1ccc(N2CCNCC2)cc1OCCCN. The molecule has 1 aliphatic heterocycles. The molecule has 1 saturated heterocycles. The number of nitrogens with two attached hydrogens (primary N) is 1. The average molecular weight is 263 g/mol. The van der Waals surface area contributed by atoms with E-state index in [1.165, 1.54) is 11.3 Å². The number of rotatable bonds is 6. The molecule has 0 radical (unpaired) electrons. The van der Waals surface area contributed by atoms with Gasteiger partial charge in [0.05, 0.1) is 6.61 Å². The first-order valence-corrected chi connectivity index (χ1v) is 7.26. The van der Waals surface area contributed by atoms with Crippen LogP contribution in [0.5, 0.6) is 5.75 Å². The quantitative estimate of drug-likeness (QED) is 0.762. The van der Waals surface area contributed by atoms with E-state index in [9.17, 15) is 0 Å².